The molecular formula is C14H11BrN4. The monoisotopic (exact) mass is 314 g/mol. The van der Waals surface area contributed by atoms with Crippen molar-refractivity contribution in [1.82, 2.24) is 15.0 Å². The Bertz CT molecular complexity index is 728. The Balaban J connectivity index is 2.27. The lowest BCUT2D eigenvalue weighted by Crippen LogP contribution is -1.98. The number of nitrogens with zero attached hydrogens (tertiary/aromatic N) is 3. The number of halogens is 1. The molecule has 0 aliphatic rings. The minimum atomic E-state index is 0.669. The predicted molar refractivity (Wildman–Crippen MR) is 80.0 cm³/mol. The van der Waals surface area contributed by atoms with Gasteiger partial charge in [-0.2, -0.15) is 0 Å². The largest absolute Gasteiger partial charge is 0.373 e. The van der Waals surface area contributed by atoms with Crippen LogP contribution in [0.25, 0.3) is 22.3 Å². The van der Waals surface area contributed by atoms with Crippen LogP contribution in [0.2, 0.25) is 0 Å². The van der Waals surface area contributed by atoms with Gasteiger partial charge < -0.3 is 5.32 Å². The third-order valence-electron chi connectivity index (χ3n) is 2.82. The van der Waals surface area contributed by atoms with Crippen LogP contribution >= 0.6 is 15.9 Å². The lowest BCUT2D eigenvalue weighted by Gasteiger charge is -2.08. The highest BCUT2D eigenvalue weighted by Crippen LogP contribution is 2.26. The van der Waals surface area contributed by atoms with Crippen LogP contribution in [0.15, 0.2) is 47.2 Å². The minimum Gasteiger partial charge on any atom is -0.373 e. The zero-order valence-electron chi connectivity index (χ0n) is 10.3. The van der Waals surface area contributed by atoms with Crippen molar-refractivity contribution in [2.45, 2.75) is 0 Å². The third-order valence-corrected chi connectivity index (χ3v) is 3.31. The number of fused-ring (bicyclic) bond motifs is 1. The van der Waals surface area contributed by atoms with E-state index in [-0.39, 0.29) is 0 Å². The van der Waals surface area contributed by atoms with E-state index in [0.29, 0.717) is 5.82 Å². The van der Waals surface area contributed by atoms with Gasteiger partial charge >= 0.3 is 0 Å². The average molecular weight is 315 g/mol. The zero-order chi connectivity index (χ0) is 13.2. The van der Waals surface area contributed by atoms with E-state index in [1.165, 1.54) is 0 Å². The highest BCUT2D eigenvalue weighted by molar-refractivity contribution is 9.10. The van der Waals surface area contributed by atoms with Crippen molar-refractivity contribution in [3.8, 4) is 11.4 Å². The van der Waals surface area contributed by atoms with Crippen LogP contribution in [0.3, 0.4) is 0 Å². The van der Waals surface area contributed by atoms with Crippen LogP contribution in [-0.2, 0) is 0 Å². The van der Waals surface area contributed by atoms with E-state index in [1.54, 1.807) is 12.4 Å². The number of nitrogens with one attached hydrogen (secondary N) is 1. The van der Waals surface area contributed by atoms with Crippen LogP contribution < -0.4 is 5.32 Å². The fourth-order valence-electron chi connectivity index (χ4n) is 1.92. The minimum absolute atomic E-state index is 0.669. The summed E-state index contributed by atoms with van der Waals surface area (Å²) in [5.74, 6) is 1.49. The molecule has 1 aromatic carbocycles. The second kappa shape index (κ2) is 4.93. The molecule has 2 aromatic heterocycles. The molecule has 3 rings (SSSR count). The Morgan fingerprint density at radius 1 is 1.16 bits per heavy atom. The Kier molecular flexibility index (Phi) is 3.13. The number of rotatable bonds is 2. The maximum absolute atomic E-state index is 4.59. The lowest BCUT2D eigenvalue weighted by atomic mass is 10.2. The normalized spacial score (nSPS) is 10.6. The topological polar surface area (TPSA) is 50.7 Å². The third kappa shape index (κ3) is 2.29. The Morgan fingerprint density at radius 3 is 2.79 bits per heavy atom. The average Bonchev–Trinajstić information content (AvgIpc) is 2.46. The van der Waals surface area contributed by atoms with Crippen molar-refractivity contribution in [3.63, 3.8) is 0 Å². The van der Waals surface area contributed by atoms with Crippen LogP contribution in [0.4, 0.5) is 5.82 Å². The van der Waals surface area contributed by atoms with Gasteiger partial charge in [0, 0.05) is 34.9 Å². The summed E-state index contributed by atoms with van der Waals surface area (Å²) in [4.78, 5) is 13.2. The van der Waals surface area contributed by atoms with Crippen molar-refractivity contribution in [2.75, 3.05) is 12.4 Å². The number of anilines is 1. The first-order valence-electron chi connectivity index (χ1n) is 5.83. The highest BCUT2D eigenvalue weighted by Gasteiger charge is 2.08. The molecule has 1 N–H and O–H groups in total. The highest BCUT2D eigenvalue weighted by atomic mass is 79.9. The van der Waals surface area contributed by atoms with Gasteiger partial charge in [-0.05, 0) is 30.3 Å². The van der Waals surface area contributed by atoms with Gasteiger partial charge in [0.25, 0.3) is 0 Å². The molecule has 0 aliphatic heterocycles. The summed E-state index contributed by atoms with van der Waals surface area (Å²) < 4.78 is 0.998. The molecule has 0 unspecified atom stereocenters. The molecule has 0 saturated heterocycles. The van der Waals surface area contributed by atoms with Crippen LogP contribution in [0.1, 0.15) is 0 Å². The summed E-state index contributed by atoms with van der Waals surface area (Å²) in [7, 11) is 1.86. The first-order valence-corrected chi connectivity index (χ1v) is 6.62. The summed E-state index contributed by atoms with van der Waals surface area (Å²) in [5, 5.41) is 4.11. The van der Waals surface area contributed by atoms with Gasteiger partial charge in [0.05, 0.1) is 5.52 Å². The molecule has 3 aromatic rings. The smallest absolute Gasteiger partial charge is 0.163 e. The number of hydrogen-bond donors (Lipinski definition) is 1. The van der Waals surface area contributed by atoms with Crippen LogP contribution in [0.5, 0.6) is 0 Å². The van der Waals surface area contributed by atoms with E-state index >= 15 is 0 Å². The Morgan fingerprint density at radius 2 is 2.05 bits per heavy atom. The van der Waals surface area contributed by atoms with Crippen molar-refractivity contribution >= 4 is 32.7 Å². The zero-order valence-corrected chi connectivity index (χ0v) is 11.8. The fourth-order valence-corrected chi connectivity index (χ4v) is 2.27. The Hall–Kier alpha value is -2.01. The summed E-state index contributed by atoms with van der Waals surface area (Å²) in [6, 6.07) is 9.79. The van der Waals surface area contributed by atoms with Crippen molar-refractivity contribution < 1.29 is 0 Å². The molecule has 5 heteroatoms. The molecule has 0 aliphatic carbocycles. The van der Waals surface area contributed by atoms with Gasteiger partial charge in [0.2, 0.25) is 0 Å². The summed E-state index contributed by atoms with van der Waals surface area (Å²) in [5.41, 5.74) is 1.80. The first-order chi connectivity index (χ1) is 9.28. The molecule has 0 bridgehead atoms. The molecular weight excluding hydrogens is 304 g/mol. The Labute approximate surface area is 119 Å². The number of pyridine rings is 1. The van der Waals surface area contributed by atoms with E-state index in [4.69, 9.17) is 0 Å². The molecule has 0 radical (unpaired) electrons. The molecule has 0 saturated carbocycles. The second-order valence-corrected chi connectivity index (χ2v) is 4.96. The molecule has 2 heterocycles. The maximum atomic E-state index is 4.59. The quantitative estimate of drug-likeness (QED) is 0.786. The maximum Gasteiger partial charge on any atom is 0.163 e. The van der Waals surface area contributed by atoms with E-state index in [0.717, 1.165) is 26.8 Å². The van der Waals surface area contributed by atoms with Gasteiger partial charge in [0.1, 0.15) is 5.82 Å². The lowest BCUT2D eigenvalue weighted by molar-refractivity contribution is 1.20. The van der Waals surface area contributed by atoms with Crippen molar-refractivity contribution in [3.05, 3.63) is 47.2 Å². The van der Waals surface area contributed by atoms with E-state index < -0.39 is 0 Å². The number of benzene rings is 1. The molecule has 0 atom stereocenters. The molecule has 94 valence electrons. The SMILES string of the molecule is CNc1nc(-c2cccnc2)nc2cc(Br)ccc12. The van der Waals surface area contributed by atoms with Gasteiger partial charge in [0.15, 0.2) is 5.82 Å². The van der Waals surface area contributed by atoms with Gasteiger partial charge in [-0.15, -0.1) is 0 Å². The first kappa shape index (κ1) is 12.0. The molecule has 0 fully saturated rings. The van der Waals surface area contributed by atoms with Gasteiger partial charge in [-0.25, -0.2) is 9.97 Å². The molecule has 19 heavy (non-hydrogen) atoms. The van der Waals surface area contributed by atoms with Crippen LogP contribution in [-0.4, -0.2) is 22.0 Å². The standard InChI is InChI=1S/C14H11BrN4/c1-16-14-11-5-4-10(15)7-12(11)18-13(19-14)9-3-2-6-17-8-9/h2-8H,1H3,(H,16,18,19). The fraction of sp³-hybridized carbons (Fsp3) is 0.0714. The second-order valence-electron chi connectivity index (χ2n) is 4.05. The molecule has 4 nitrogen and oxygen atoms in total. The van der Waals surface area contributed by atoms with E-state index in [1.807, 2.05) is 37.4 Å². The van der Waals surface area contributed by atoms with E-state index in [9.17, 15) is 0 Å². The van der Waals surface area contributed by atoms with Gasteiger partial charge in [-0.3, -0.25) is 4.98 Å². The summed E-state index contributed by atoms with van der Waals surface area (Å²) >= 11 is 3.47. The number of aromatic nitrogens is 3. The molecule has 0 spiro atoms. The summed E-state index contributed by atoms with van der Waals surface area (Å²) in [6.07, 6.45) is 3.50. The number of hydrogen-bond acceptors (Lipinski definition) is 4. The van der Waals surface area contributed by atoms with E-state index in [2.05, 4.69) is 36.2 Å². The van der Waals surface area contributed by atoms with Crippen molar-refractivity contribution in [2.24, 2.45) is 0 Å². The van der Waals surface area contributed by atoms with Crippen LogP contribution in [0, 0.1) is 0 Å². The van der Waals surface area contributed by atoms with Gasteiger partial charge in [-0.1, -0.05) is 15.9 Å². The summed E-state index contributed by atoms with van der Waals surface area (Å²) in [6.45, 7) is 0. The van der Waals surface area contributed by atoms with Crippen molar-refractivity contribution in [1.29, 1.82) is 0 Å². The predicted octanol–water partition coefficient (Wildman–Crippen LogP) is 3.50. The molecule has 0 amide bonds.